The molecule has 0 saturated carbocycles. The summed E-state index contributed by atoms with van der Waals surface area (Å²) in [5.41, 5.74) is 0. The Morgan fingerprint density at radius 2 is 2.22 bits per heavy atom. The summed E-state index contributed by atoms with van der Waals surface area (Å²) < 4.78 is 0. The number of nitrogens with zero attached hydrogens (tertiary/aromatic N) is 7. The lowest BCUT2D eigenvalue weighted by molar-refractivity contribution is -0.131. The number of carbonyl (C=O) groups excluding carboxylic acids is 1. The van der Waals surface area contributed by atoms with Crippen LogP contribution in [-0.4, -0.2) is 67.1 Å². The Balaban J connectivity index is 1.39. The van der Waals surface area contributed by atoms with E-state index >= 15 is 0 Å². The van der Waals surface area contributed by atoms with Crippen LogP contribution in [0.1, 0.15) is 35.9 Å². The molecular formula is C17H20N8OS. The van der Waals surface area contributed by atoms with Crippen molar-refractivity contribution in [1.29, 1.82) is 0 Å². The lowest BCUT2D eigenvalue weighted by atomic mass is 10.1. The van der Waals surface area contributed by atoms with E-state index in [1.54, 1.807) is 17.7 Å². The smallest absolute Gasteiger partial charge is 0.245 e. The molecule has 2 unspecified atom stereocenters. The Kier molecular flexibility index (Phi) is 4.00. The highest BCUT2D eigenvalue weighted by molar-refractivity contribution is 7.18. The van der Waals surface area contributed by atoms with Gasteiger partial charge in [-0.3, -0.25) is 4.79 Å². The molecule has 0 aliphatic carbocycles. The highest BCUT2D eigenvalue weighted by atomic mass is 32.1. The topological polar surface area (TPSA) is 104 Å². The van der Waals surface area contributed by atoms with E-state index in [-0.39, 0.29) is 17.9 Å². The summed E-state index contributed by atoms with van der Waals surface area (Å²) in [5.74, 6) is 1.92. The maximum Gasteiger partial charge on any atom is 0.245 e. The van der Waals surface area contributed by atoms with Crippen LogP contribution in [0.2, 0.25) is 0 Å². The van der Waals surface area contributed by atoms with Crippen LogP contribution in [0.3, 0.4) is 0 Å². The van der Waals surface area contributed by atoms with Crippen LogP contribution in [0.4, 0.5) is 5.82 Å². The summed E-state index contributed by atoms with van der Waals surface area (Å²) in [5, 5.41) is 15.3. The molecule has 0 spiro atoms. The second-order valence-electron chi connectivity index (χ2n) is 7.16. The second kappa shape index (κ2) is 6.52. The number of thiophene rings is 1. The molecular weight excluding hydrogens is 364 g/mol. The number of H-pyrrole nitrogens is 1. The molecule has 0 radical (unpaired) electrons. The van der Waals surface area contributed by atoms with Gasteiger partial charge in [0.2, 0.25) is 5.91 Å². The van der Waals surface area contributed by atoms with Crippen molar-refractivity contribution >= 4 is 33.3 Å². The number of amides is 1. The van der Waals surface area contributed by atoms with E-state index in [2.05, 4.69) is 48.5 Å². The first kappa shape index (κ1) is 16.5. The number of likely N-dealkylation sites (tertiary alicyclic amines) is 1. The van der Waals surface area contributed by atoms with Gasteiger partial charge < -0.3 is 9.80 Å². The zero-order valence-electron chi connectivity index (χ0n) is 15.0. The molecule has 140 valence electrons. The molecule has 2 atom stereocenters. The molecule has 5 heterocycles. The fraction of sp³-hybridized carbons (Fsp3) is 0.529. The van der Waals surface area contributed by atoms with E-state index < -0.39 is 0 Å². The van der Waals surface area contributed by atoms with Crippen LogP contribution in [0.25, 0.3) is 10.2 Å². The van der Waals surface area contributed by atoms with Gasteiger partial charge in [0.1, 0.15) is 23.0 Å². The highest BCUT2D eigenvalue weighted by Crippen LogP contribution is 2.35. The first-order valence-corrected chi connectivity index (χ1v) is 10.0. The van der Waals surface area contributed by atoms with E-state index in [0.717, 1.165) is 48.4 Å². The quantitative estimate of drug-likeness (QED) is 0.730. The predicted octanol–water partition coefficient (Wildman–Crippen LogP) is 1.50. The first-order chi connectivity index (χ1) is 13.2. The number of hydrogen-bond donors (Lipinski definition) is 1. The van der Waals surface area contributed by atoms with Crippen molar-refractivity contribution in [2.75, 3.05) is 24.5 Å². The summed E-state index contributed by atoms with van der Waals surface area (Å²) in [7, 11) is 0. The minimum absolute atomic E-state index is 0.160. The van der Waals surface area contributed by atoms with Gasteiger partial charge in [-0.15, -0.1) is 21.5 Å². The van der Waals surface area contributed by atoms with E-state index in [1.165, 1.54) is 4.88 Å². The van der Waals surface area contributed by atoms with Gasteiger partial charge in [-0.1, -0.05) is 5.21 Å². The maximum atomic E-state index is 13.3. The third-order valence-electron chi connectivity index (χ3n) is 5.47. The monoisotopic (exact) mass is 384 g/mol. The van der Waals surface area contributed by atoms with Crippen LogP contribution in [-0.2, 0) is 4.79 Å². The number of fused-ring (bicyclic) bond motifs is 1. The van der Waals surface area contributed by atoms with Gasteiger partial charge in [-0.2, -0.15) is 5.21 Å². The molecule has 2 saturated heterocycles. The van der Waals surface area contributed by atoms with Crippen LogP contribution < -0.4 is 4.90 Å². The number of hydrogen-bond acceptors (Lipinski definition) is 8. The van der Waals surface area contributed by atoms with Crippen molar-refractivity contribution in [3.63, 3.8) is 0 Å². The summed E-state index contributed by atoms with van der Waals surface area (Å²) in [4.78, 5) is 28.5. The van der Waals surface area contributed by atoms with Gasteiger partial charge in [0.25, 0.3) is 0 Å². The SMILES string of the molecule is Cc1cc2c(N3CCCC3C(=O)N3CCC(c4nn[nH]n4)C3)ncnc2s1. The second-order valence-corrected chi connectivity index (χ2v) is 8.40. The Bertz CT molecular complexity index is 971. The predicted molar refractivity (Wildman–Crippen MR) is 101 cm³/mol. The minimum atomic E-state index is -0.160. The van der Waals surface area contributed by atoms with Crippen molar-refractivity contribution in [1.82, 2.24) is 35.5 Å². The minimum Gasteiger partial charge on any atom is -0.344 e. The van der Waals surface area contributed by atoms with Gasteiger partial charge in [0.05, 0.1) is 5.39 Å². The van der Waals surface area contributed by atoms with Crippen molar-refractivity contribution in [3.8, 4) is 0 Å². The van der Waals surface area contributed by atoms with Gasteiger partial charge in [-0.05, 0) is 32.3 Å². The van der Waals surface area contributed by atoms with Crippen LogP contribution in [0, 0.1) is 6.92 Å². The molecule has 2 aliphatic heterocycles. The molecule has 1 N–H and O–H groups in total. The molecule has 9 nitrogen and oxygen atoms in total. The lowest BCUT2D eigenvalue weighted by Gasteiger charge is -2.29. The molecule has 2 aliphatic rings. The lowest BCUT2D eigenvalue weighted by Crippen LogP contribution is -2.45. The number of aromatic nitrogens is 6. The van der Waals surface area contributed by atoms with Crippen LogP contribution in [0.15, 0.2) is 12.4 Å². The molecule has 0 bridgehead atoms. The summed E-state index contributed by atoms with van der Waals surface area (Å²) in [6, 6.07) is 1.96. The van der Waals surface area contributed by atoms with Crippen LogP contribution in [0.5, 0.6) is 0 Å². The Morgan fingerprint density at radius 1 is 1.30 bits per heavy atom. The van der Waals surface area contributed by atoms with E-state index in [1.807, 2.05) is 4.90 Å². The van der Waals surface area contributed by atoms with Gasteiger partial charge in [0, 0.05) is 30.4 Å². The van der Waals surface area contributed by atoms with Gasteiger partial charge >= 0.3 is 0 Å². The average Bonchev–Trinajstić information content (AvgIpc) is 3.46. The number of rotatable bonds is 3. The summed E-state index contributed by atoms with van der Waals surface area (Å²) in [6.45, 7) is 4.31. The van der Waals surface area contributed by atoms with Crippen molar-refractivity contribution in [2.24, 2.45) is 0 Å². The van der Waals surface area contributed by atoms with Gasteiger partial charge in [-0.25, -0.2) is 9.97 Å². The Labute approximate surface area is 159 Å². The number of aryl methyl sites for hydroxylation is 1. The van der Waals surface area contributed by atoms with Crippen LogP contribution >= 0.6 is 11.3 Å². The normalized spacial score (nSPS) is 22.9. The molecule has 27 heavy (non-hydrogen) atoms. The van der Waals surface area contributed by atoms with Gasteiger partial charge in [0.15, 0.2) is 5.82 Å². The molecule has 3 aromatic rings. The number of aromatic amines is 1. The largest absolute Gasteiger partial charge is 0.344 e. The molecule has 2 fully saturated rings. The average molecular weight is 384 g/mol. The molecule has 1 amide bonds. The highest BCUT2D eigenvalue weighted by Gasteiger charge is 2.38. The third-order valence-corrected chi connectivity index (χ3v) is 6.43. The van der Waals surface area contributed by atoms with Crippen molar-refractivity contribution in [2.45, 2.75) is 38.1 Å². The summed E-state index contributed by atoms with van der Waals surface area (Å²) in [6.07, 6.45) is 4.33. The number of tetrazole rings is 1. The number of anilines is 1. The maximum absolute atomic E-state index is 13.3. The fourth-order valence-electron chi connectivity index (χ4n) is 4.19. The molecule has 0 aromatic carbocycles. The number of carbonyl (C=O) groups is 1. The van der Waals surface area contributed by atoms with Crippen molar-refractivity contribution in [3.05, 3.63) is 23.1 Å². The summed E-state index contributed by atoms with van der Waals surface area (Å²) >= 11 is 1.66. The molecule has 5 rings (SSSR count). The number of nitrogens with one attached hydrogen (secondary N) is 1. The zero-order chi connectivity index (χ0) is 18.4. The Morgan fingerprint density at radius 3 is 3.07 bits per heavy atom. The van der Waals surface area contributed by atoms with Crippen molar-refractivity contribution < 1.29 is 4.79 Å². The third kappa shape index (κ3) is 2.84. The molecule has 10 heteroatoms. The van der Waals surface area contributed by atoms with E-state index in [4.69, 9.17) is 0 Å². The fourth-order valence-corrected chi connectivity index (χ4v) is 5.04. The standard InChI is InChI=1S/C17H20N8OS/c1-10-7-12-15(18-9-19-16(12)27-10)25-5-2-3-13(25)17(26)24-6-4-11(8-24)14-20-22-23-21-14/h7,9,11,13H,2-6,8H2,1H3,(H,20,21,22,23). The first-order valence-electron chi connectivity index (χ1n) is 9.20. The van der Waals surface area contributed by atoms with E-state index in [9.17, 15) is 4.79 Å². The molecule has 3 aromatic heterocycles. The van der Waals surface area contributed by atoms with E-state index in [0.29, 0.717) is 12.4 Å². The zero-order valence-corrected chi connectivity index (χ0v) is 15.8. The Hall–Kier alpha value is -2.62.